The number of benzene rings is 2. The first-order valence-electron chi connectivity index (χ1n) is 8.71. The molecule has 0 spiro atoms. The van der Waals surface area contributed by atoms with Crippen LogP contribution in [0.1, 0.15) is 12.5 Å². The Bertz CT molecular complexity index is 1060. The summed E-state index contributed by atoms with van der Waals surface area (Å²) in [4.78, 5) is 37.8. The molecule has 156 valence electrons. The smallest absolute Gasteiger partial charge is 0.294 e. The number of carbonyl (C=O) groups excluding carboxylic acids is 3. The SMILES string of the molecule is CCOc1ccc(Cl)cc1C=C1SC(=O)N(CC(=O)Nc2ccc(F)cc2F)C1=O. The number of ether oxygens (including phenoxy) is 1. The molecule has 0 saturated carbocycles. The Balaban J connectivity index is 1.75. The molecule has 2 aromatic rings. The van der Waals surface area contributed by atoms with Crippen LogP contribution in [0.3, 0.4) is 0 Å². The van der Waals surface area contributed by atoms with Crippen LogP contribution in [-0.4, -0.2) is 35.1 Å². The number of nitrogens with zero attached hydrogens (tertiary/aromatic N) is 1. The number of hydrogen-bond acceptors (Lipinski definition) is 5. The molecule has 1 aliphatic rings. The van der Waals surface area contributed by atoms with Crippen LogP contribution in [0.5, 0.6) is 5.75 Å². The fourth-order valence-corrected chi connectivity index (χ4v) is 3.63. The molecule has 1 saturated heterocycles. The van der Waals surface area contributed by atoms with E-state index in [0.717, 1.165) is 17.0 Å². The first-order chi connectivity index (χ1) is 14.3. The van der Waals surface area contributed by atoms with Crippen molar-refractivity contribution in [3.05, 3.63) is 63.5 Å². The number of hydrogen-bond donors (Lipinski definition) is 1. The standard InChI is InChI=1S/C20H15ClF2N2O4S/c1-2-29-16-6-3-12(21)7-11(16)8-17-19(27)25(20(28)30-17)10-18(26)24-15-5-4-13(22)9-14(15)23/h3-9H,2,10H2,1H3,(H,24,26). The van der Waals surface area contributed by atoms with Gasteiger partial charge in [-0.3, -0.25) is 19.3 Å². The summed E-state index contributed by atoms with van der Waals surface area (Å²) in [7, 11) is 0. The number of anilines is 1. The fraction of sp³-hybridized carbons (Fsp3) is 0.150. The van der Waals surface area contributed by atoms with E-state index in [-0.39, 0.29) is 10.6 Å². The van der Waals surface area contributed by atoms with Crippen molar-refractivity contribution in [2.45, 2.75) is 6.92 Å². The van der Waals surface area contributed by atoms with E-state index in [1.807, 2.05) is 0 Å². The molecule has 3 amide bonds. The molecule has 30 heavy (non-hydrogen) atoms. The molecular weight excluding hydrogens is 438 g/mol. The summed E-state index contributed by atoms with van der Waals surface area (Å²) in [6.07, 6.45) is 1.46. The topological polar surface area (TPSA) is 75.7 Å². The average molecular weight is 453 g/mol. The van der Waals surface area contributed by atoms with E-state index in [4.69, 9.17) is 16.3 Å². The van der Waals surface area contributed by atoms with Gasteiger partial charge in [-0.25, -0.2) is 8.78 Å². The molecule has 0 unspecified atom stereocenters. The number of amides is 3. The van der Waals surface area contributed by atoms with Crippen molar-refractivity contribution in [2.75, 3.05) is 18.5 Å². The Morgan fingerprint density at radius 2 is 2.00 bits per heavy atom. The molecule has 0 atom stereocenters. The van der Waals surface area contributed by atoms with Crippen LogP contribution in [-0.2, 0) is 9.59 Å². The zero-order chi connectivity index (χ0) is 21.8. The first-order valence-corrected chi connectivity index (χ1v) is 9.90. The molecule has 1 aliphatic heterocycles. The molecular formula is C20H15ClF2N2O4S. The van der Waals surface area contributed by atoms with Crippen molar-refractivity contribution in [3.8, 4) is 5.75 Å². The van der Waals surface area contributed by atoms with Crippen LogP contribution in [0.15, 0.2) is 41.3 Å². The number of thioether (sulfide) groups is 1. The van der Waals surface area contributed by atoms with Gasteiger partial charge < -0.3 is 10.1 Å². The fourth-order valence-electron chi connectivity index (χ4n) is 2.62. The lowest BCUT2D eigenvalue weighted by molar-refractivity contribution is -0.127. The van der Waals surface area contributed by atoms with Crippen LogP contribution in [0.25, 0.3) is 6.08 Å². The molecule has 10 heteroatoms. The largest absolute Gasteiger partial charge is 0.493 e. The molecule has 0 aromatic heterocycles. The highest BCUT2D eigenvalue weighted by Crippen LogP contribution is 2.34. The van der Waals surface area contributed by atoms with Crippen LogP contribution < -0.4 is 10.1 Å². The van der Waals surface area contributed by atoms with Crippen molar-refractivity contribution < 1.29 is 27.9 Å². The molecule has 6 nitrogen and oxygen atoms in total. The summed E-state index contributed by atoms with van der Waals surface area (Å²) in [6, 6.07) is 7.50. The number of nitrogens with one attached hydrogen (secondary N) is 1. The minimum atomic E-state index is -0.971. The predicted octanol–water partition coefficient (Wildman–Crippen LogP) is 4.69. The molecule has 1 heterocycles. The summed E-state index contributed by atoms with van der Waals surface area (Å²) in [5.41, 5.74) is 0.247. The highest BCUT2D eigenvalue weighted by molar-refractivity contribution is 8.18. The summed E-state index contributed by atoms with van der Waals surface area (Å²) in [6.45, 7) is 1.57. The molecule has 0 radical (unpaired) electrons. The van der Waals surface area contributed by atoms with Gasteiger partial charge in [0.1, 0.15) is 23.9 Å². The quantitative estimate of drug-likeness (QED) is 0.643. The van der Waals surface area contributed by atoms with Gasteiger partial charge >= 0.3 is 0 Å². The van der Waals surface area contributed by atoms with Crippen LogP contribution in [0, 0.1) is 11.6 Å². The maximum Gasteiger partial charge on any atom is 0.294 e. The highest BCUT2D eigenvalue weighted by atomic mass is 35.5. The second-order valence-electron chi connectivity index (χ2n) is 6.06. The second kappa shape index (κ2) is 9.27. The van der Waals surface area contributed by atoms with E-state index >= 15 is 0 Å². The van der Waals surface area contributed by atoms with E-state index in [1.165, 1.54) is 6.08 Å². The Morgan fingerprint density at radius 3 is 2.70 bits per heavy atom. The lowest BCUT2D eigenvalue weighted by Gasteiger charge is -2.13. The van der Waals surface area contributed by atoms with Crippen LogP contribution in [0.2, 0.25) is 5.02 Å². The zero-order valence-corrected chi connectivity index (χ0v) is 17.2. The van der Waals surface area contributed by atoms with E-state index in [9.17, 15) is 23.2 Å². The third-order valence-corrected chi connectivity index (χ3v) is 5.08. The zero-order valence-electron chi connectivity index (χ0n) is 15.6. The lowest BCUT2D eigenvalue weighted by atomic mass is 10.2. The average Bonchev–Trinajstić information content (AvgIpc) is 2.94. The van der Waals surface area contributed by atoms with Crippen molar-refractivity contribution >= 4 is 52.2 Å². The molecule has 0 bridgehead atoms. The normalized spacial score (nSPS) is 15.1. The van der Waals surface area contributed by atoms with E-state index in [2.05, 4.69) is 5.32 Å². The van der Waals surface area contributed by atoms with Crippen molar-refractivity contribution in [2.24, 2.45) is 0 Å². The lowest BCUT2D eigenvalue weighted by Crippen LogP contribution is -2.36. The summed E-state index contributed by atoms with van der Waals surface area (Å²) in [5, 5.41) is 1.98. The third-order valence-electron chi connectivity index (χ3n) is 3.94. The van der Waals surface area contributed by atoms with E-state index in [1.54, 1.807) is 25.1 Å². The molecule has 3 rings (SSSR count). The highest BCUT2D eigenvalue weighted by Gasteiger charge is 2.36. The van der Waals surface area contributed by atoms with Gasteiger partial charge in [0.05, 0.1) is 17.2 Å². The first kappa shape index (κ1) is 21.8. The number of rotatable bonds is 6. The van der Waals surface area contributed by atoms with Gasteiger partial charge in [-0.05, 0) is 55.1 Å². The van der Waals surface area contributed by atoms with Crippen LogP contribution in [0.4, 0.5) is 19.3 Å². The minimum Gasteiger partial charge on any atom is -0.493 e. The van der Waals surface area contributed by atoms with Gasteiger partial charge in [0.15, 0.2) is 0 Å². The Morgan fingerprint density at radius 1 is 1.23 bits per heavy atom. The number of carbonyl (C=O) groups is 3. The van der Waals surface area contributed by atoms with E-state index < -0.39 is 35.2 Å². The summed E-state index contributed by atoms with van der Waals surface area (Å²) in [5.74, 6) is -2.77. The Hall–Kier alpha value is -2.91. The number of halogens is 3. The van der Waals surface area contributed by atoms with Gasteiger partial charge in [-0.1, -0.05) is 11.6 Å². The maximum atomic E-state index is 13.7. The van der Waals surface area contributed by atoms with Crippen molar-refractivity contribution in [1.29, 1.82) is 0 Å². The summed E-state index contributed by atoms with van der Waals surface area (Å²) < 4.78 is 32.1. The Labute approximate surface area is 179 Å². The van der Waals surface area contributed by atoms with Crippen molar-refractivity contribution in [3.63, 3.8) is 0 Å². The Kier molecular flexibility index (Phi) is 6.73. The summed E-state index contributed by atoms with van der Waals surface area (Å²) >= 11 is 6.66. The molecule has 0 aliphatic carbocycles. The van der Waals surface area contributed by atoms with Gasteiger partial charge in [0.25, 0.3) is 11.1 Å². The maximum absolute atomic E-state index is 13.7. The molecule has 1 N–H and O–H groups in total. The second-order valence-corrected chi connectivity index (χ2v) is 7.48. The number of imide groups is 1. The van der Waals surface area contributed by atoms with Crippen LogP contribution >= 0.6 is 23.4 Å². The van der Waals surface area contributed by atoms with E-state index in [0.29, 0.717) is 40.8 Å². The third kappa shape index (κ3) is 4.98. The minimum absolute atomic E-state index is 0.0870. The predicted molar refractivity (Wildman–Crippen MR) is 110 cm³/mol. The van der Waals surface area contributed by atoms with Gasteiger partial charge in [0.2, 0.25) is 5.91 Å². The van der Waals surface area contributed by atoms with Gasteiger partial charge in [0, 0.05) is 16.7 Å². The van der Waals surface area contributed by atoms with Gasteiger partial charge in [-0.15, -0.1) is 0 Å². The molecule has 1 fully saturated rings. The van der Waals surface area contributed by atoms with Crippen molar-refractivity contribution in [1.82, 2.24) is 4.90 Å². The van der Waals surface area contributed by atoms with Gasteiger partial charge in [-0.2, -0.15) is 0 Å². The molecule has 2 aromatic carbocycles. The monoisotopic (exact) mass is 452 g/mol.